The van der Waals surface area contributed by atoms with E-state index in [0.29, 0.717) is 10.0 Å². The van der Waals surface area contributed by atoms with Gasteiger partial charge in [0, 0.05) is 22.8 Å². The molecule has 3 N–H and O–H groups in total. The molecule has 0 aliphatic heterocycles. The molecule has 1 aromatic carbocycles. The van der Waals surface area contributed by atoms with Crippen LogP contribution < -0.4 is 11.3 Å². The quantitative estimate of drug-likeness (QED) is 0.658. The predicted molar refractivity (Wildman–Crippen MR) is 78.1 cm³/mol. The van der Waals surface area contributed by atoms with E-state index < -0.39 is 0 Å². The van der Waals surface area contributed by atoms with Crippen molar-refractivity contribution in [3.8, 4) is 0 Å². The summed E-state index contributed by atoms with van der Waals surface area (Å²) in [6.45, 7) is 2.95. The molecule has 0 saturated carbocycles. The molecule has 0 spiro atoms. The van der Waals surface area contributed by atoms with Crippen LogP contribution in [0.4, 0.5) is 0 Å². The number of benzene rings is 1. The highest BCUT2D eigenvalue weighted by Gasteiger charge is 2.17. The van der Waals surface area contributed by atoms with Crippen LogP contribution in [0.25, 0.3) is 0 Å². The van der Waals surface area contributed by atoms with E-state index in [1.54, 1.807) is 12.3 Å². The number of hydrogen-bond donors (Lipinski definition) is 2. The Balaban J connectivity index is 2.40. The molecule has 0 aliphatic carbocycles. The second-order valence-electron chi connectivity index (χ2n) is 4.28. The molecule has 0 radical (unpaired) electrons. The molecule has 0 amide bonds. The molecule has 0 bridgehead atoms. The van der Waals surface area contributed by atoms with Gasteiger partial charge in [-0.1, -0.05) is 30.1 Å². The number of nitrogens with zero attached hydrogens (tertiary/aromatic N) is 2. The Labute approximate surface area is 122 Å². The Kier molecular flexibility index (Phi) is 4.82. The van der Waals surface area contributed by atoms with Crippen LogP contribution in [0.15, 0.2) is 30.5 Å². The van der Waals surface area contributed by atoms with Crippen LogP contribution in [0, 0.1) is 0 Å². The SMILES string of the molecule is CCCn1nccc1C(NN)c1cc(Cl)cc(Cl)c1. The first-order chi connectivity index (χ1) is 9.15. The molecule has 102 valence electrons. The predicted octanol–water partition coefficient (Wildman–Crippen LogP) is 3.15. The number of halogens is 2. The van der Waals surface area contributed by atoms with E-state index in [9.17, 15) is 0 Å². The van der Waals surface area contributed by atoms with Crippen molar-refractivity contribution in [2.45, 2.75) is 25.9 Å². The summed E-state index contributed by atoms with van der Waals surface area (Å²) in [5, 5.41) is 5.47. The van der Waals surface area contributed by atoms with E-state index in [4.69, 9.17) is 29.0 Å². The first-order valence-corrected chi connectivity index (χ1v) is 6.85. The lowest BCUT2D eigenvalue weighted by molar-refractivity contribution is 0.521. The van der Waals surface area contributed by atoms with Gasteiger partial charge in [0.2, 0.25) is 0 Å². The molecule has 4 nitrogen and oxygen atoms in total. The lowest BCUT2D eigenvalue weighted by Crippen LogP contribution is -2.30. The van der Waals surface area contributed by atoms with Gasteiger partial charge in [-0.2, -0.15) is 5.10 Å². The van der Waals surface area contributed by atoms with Crippen LogP contribution in [-0.4, -0.2) is 9.78 Å². The third-order valence-electron chi connectivity index (χ3n) is 2.87. The van der Waals surface area contributed by atoms with Crippen molar-refractivity contribution in [3.05, 3.63) is 51.8 Å². The molecule has 6 heteroatoms. The summed E-state index contributed by atoms with van der Waals surface area (Å²) in [6.07, 6.45) is 2.77. The fourth-order valence-electron chi connectivity index (χ4n) is 2.08. The number of hydrazine groups is 1. The second kappa shape index (κ2) is 6.39. The van der Waals surface area contributed by atoms with Crippen molar-refractivity contribution >= 4 is 23.2 Å². The minimum Gasteiger partial charge on any atom is -0.271 e. The molecule has 19 heavy (non-hydrogen) atoms. The van der Waals surface area contributed by atoms with Crippen molar-refractivity contribution < 1.29 is 0 Å². The molecule has 2 aromatic rings. The number of aromatic nitrogens is 2. The van der Waals surface area contributed by atoms with Gasteiger partial charge in [0.1, 0.15) is 0 Å². The zero-order valence-electron chi connectivity index (χ0n) is 10.6. The van der Waals surface area contributed by atoms with Gasteiger partial charge < -0.3 is 0 Å². The normalized spacial score (nSPS) is 12.6. The maximum atomic E-state index is 6.04. The third-order valence-corrected chi connectivity index (χ3v) is 3.30. The van der Waals surface area contributed by atoms with E-state index in [1.807, 2.05) is 22.9 Å². The molecule has 2 rings (SSSR count). The number of rotatable bonds is 5. The molecule has 1 unspecified atom stereocenters. The lowest BCUT2D eigenvalue weighted by atomic mass is 10.0. The van der Waals surface area contributed by atoms with Crippen LogP contribution in [0.2, 0.25) is 10.0 Å². The summed E-state index contributed by atoms with van der Waals surface area (Å²) in [7, 11) is 0. The van der Waals surface area contributed by atoms with Crippen LogP contribution in [0.3, 0.4) is 0 Å². The fourth-order valence-corrected chi connectivity index (χ4v) is 2.62. The number of nitrogens with two attached hydrogens (primary N) is 1. The molecule has 0 aliphatic rings. The number of nitrogens with one attached hydrogen (secondary N) is 1. The van der Waals surface area contributed by atoms with Gasteiger partial charge in [-0.25, -0.2) is 5.43 Å². The lowest BCUT2D eigenvalue weighted by Gasteiger charge is -2.18. The Morgan fingerprint density at radius 1 is 1.32 bits per heavy atom. The van der Waals surface area contributed by atoms with Crippen molar-refractivity contribution in [3.63, 3.8) is 0 Å². The monoisotopic (exact) mass is 298 g/mol. The number of hydrogen-bond acceptors (Lipinski definition) is 3. The van der Waals surface area contributed by atoms with Crippen molar-refractivity contribution in [2.75, 3.05) is 0 Å². The number of aryl methyl sites for hydroxylation is 1. The molecule has 1 heterocycles. The maximum Gasteiger partial charge on any atom is 0.0879 e. The molecular weight excluding hydrogens is 283 g/mol. The van der Waals surface area contributed by atoms with Gasteiger partial charge in [0.25, 0.3) is 0 Å². The highest BCUT2D eigenvalue weighted by Crippen LogP contribution is 2.27. The molecule has 1 aromatic heterocycles. The average molecular weight is 299 g/mol. The standard InChI is InChI=1S/C13H16Cl2N4/c1-2-5-19-12(3-4-17-19)13(18-16)9-6-10(14)8-11(15)7-9/h3-4,6-8,13,18H,2,5,16H2,1H3. The van der Waals surface area contributed by atoms with E-state index in [2.05, 4.69) is 17.4 Å². The highest BCUT2D eigenvalue weighted by atomic mass is 35.5. The summed E-state index contributed by atoms with van der Waals surface area (Å²) in [6, 6.07) is 7.14. The third kappa shape index (κ3) is 3.28. The Bertz CT molecular complexity index is 533. The zero-order chi connectivity index (χ0) is 13.8. The molecular formula is C13H16Cl2N4. The summed E-state index contributed by atoms with van der Waals surface area (Å²) in [5.41, 5.74) is 4.70. The largest absolute Gasteiger partial charge is 0.271 e. The van der Waals surface area contributed by atoms with Gasteiger partial charge >= 0.3 is 0 Å². The van der Waals surface area contributed by atoms with Crippen molar-refractivity contribution in [1.82, 2.24) is 15.2 Å². The van der Waals surface area contributed by atoms with Gasteiger partial charge in [-0.05, 0) is 36.2 Å². The van der Waals surface area contributed by atoms with E-state index in [-0.39, 0.29) is 6.04 Å². The van der Waals surface area contributed by atoms with E-state index in [1.165, 1.54) is 0 Å². The smallest absolute Gasteiger partial charge is 0.0879 e. The second-order valence-corrected chi connectivity index (χ2v) is 5.15. The van der Waals surface area contributed by atoms with Crippen LogP contribution in [0.1, 0.15) is 30.6 Å². The maximum absolute atomic E-state index is 6.04. The van der Waals surface area contributed by atoms with Gasteiger partial charge in [0.15, 0.2) is 0 Å². The summed E-state index contributed by atoms with van der Waals surface area (Å²) >= 11 is 12.1. The Morgan fingerprint density at radius 2 is 2.00 bits per heavy atom. The Hall–Kier alpha value is -1.07. The average Bonchev–Trinajstić information content (AvgIpc) is 2.78. The van der Waals surface area contributed by atoms with Crippen LogP contribution in [0.5, 0.6) is 0 Å². The molecule has 0 saturated heterocycles. The fraction of sp³-hybridized carbons (Fsp3) is 0.308. The van der Waals surface area contributed by atoms with Crippen molar-refractivity contribution in [2.24, 2.45) is 5.84 Å². The summed E-state index contributed by atoms with van der Waals surface area (Å²) in [5.74, 6) is 5.68. The van der Waals surface area contributed by atoms with Gasteiger partial charge in [-0.3, -0.25) is 10.5 Å². The minimum absolute atomic E-state index is 0.190. The topological polar surface area (TPSA) is 55.9 Å². The highest BCUT2D eigenvalue weighted by molar-refractivity contribution is 6.34. The Morgan fingerprint density at radius 3 is 2.58 bits per heavy atom. The summed E-state index contributed by atoms with van der Waals surface area (Å²) in [4.78, 5) is 0. The minimum atomic E-state index is -0.190. The first-order valence-electron chi connectivity index (χ1n) is 6.09. The molecule has 1 atom stereocenters. The first kappa shape index (κ1) is 14.3. The summed E-state index contributed by atoms with van der Waals surface area (Å²) < 4.78 is 1.93. The van der Waals surface area contributed by atoms with E-state index in [0.717, 1.165) is 24.2 Å². The van der Waals surface area contributed by atoms with Crippen molar-refractivity contribution in [1.29, 1.82) is 0 Å². The van der Waals surface area contributed by atoms with Gasteiger partial charge in [-0.15, -0.1) is 0 Å². The van der Waals surface area contributed by atoms with Gasteiger partial charge in [0.05, 0.1) is 11.7 Å². The van der Waals surface area contributed by atoms with E-state index >= 15 is 0 Å². The van der Waals surface area contributed by atoms with Crippen LogP contribution in [-0.2, 0) is 6.54 Å². The van der Waals surface area contributed by atoms with Crippen LogP contribution >= 0.6 is 23.2 Å². The zero-order valence-corrected chi connectivity index (χ0v) is 12.1. The molecule has 0 fully saturated rings.